The van der Waals surface area contributed by atoms with Crippen molar-refractivity contribution in [1.29, 1.82) is 0 Å². The highest BCUT2D eigenvalue weighted by atomic mass is 35.5. The van der Waals surface area contributed by atoms with Crippen LogP contribution in [-0.2, 0) is 0 Å². The molecule has 4 rings (SSSR count). The van der Waals surface area contributed by atoms with Crippen molar-refractivity contribution in [2.45, 2.75) is 18.9 Å². The Hall–Kier alpha value is -2.54. The number of hydrogen-bond acceptors (Lipinski definition) is 5. The summed E-state index contributed by atoms with van der Waals surface area (Å²) in [5.41, 5.74) is 1.51. The Kier molecular flexibility index (Phi) is 7.27. The zero-order valence-corrected chi connectivity index (χ0v) is 20.3. The number of aromatic nitrogens is 2. The van der Waals surface area contributed by atoms with Crippen molar-refractivity contribution in [3.8, 4) is 11.8 Å². The van der Waals surface area contributed by atoms with Crippen LogP contribution in [-0.4, -0.2) is 47.1 Å². The van der Waals surface area contributed by atoms with E-state index in [1.165, 1.54) is 7.11 Å². The molecule has 3 heterocycles. The zero-order chi connectivity index (χ0) is 23.5. The van der Waals surface area contributed by atoms with Crippen LogP contribution in [0, 0.1) is 5.92 Å². The van der Waals surface area contributed by atoms with Gasteiger partial charge >= 0.3 is 0 Å². The summed E-state index contributed by atoms with van der Waals surface area (Å²) in [6, 6.07) is 12.4. The van der Waals surface area contributed by atoms with Crippen molar-refractivity contribution in [1.82, 2.24) is 14.9 Å². The summed E-state index contributed by atoms with van der Waals surface area (Å²) in [6.45, 7) is 2.99. The summed E-state index contributed by atoms with van der Waals surface area (Å²) in [5.74, 6) is 0.758. The molecule has 0 saturated carbocycles. The number of ether oxygens (including phenoxy) is 2. The van der Waals surface area contributed by atoms with Crippen molar-refractivity contribution < 1.29 is 14.3 Å². The van der Waals surface area contributed by atoms with Crippen LogP contribution in [0.2, 0.25) is 15.1 Å². The number of halogens is 3. The number of pyridine rings is 2. The molecule has 1 saturated heterocycles. The minimum absolute atomic E-state index is 0.00486. The minimum Gasteiger partial charge on any atom is -0.481 e. The summed E-state index contributed by atoms with van der Waals surface area (Å²) >= 11 is 18.4. The van der Waals surface area contributed by atoms with Gasteiger partial charge in [0.15, 0.2) is 0 Å². The predicted octanol–water partition coefficient (Wildman–Crippen LogP) is 5.77. The topological polar surface area (TPSA) is 64.5 Å². The number of methoxy groups -OCH3 is 1. The SMILES string of the molecule is COc1cc(C(=O)N2CC(c3ccc(Cl)c(Cl)c3)C(C(C)Oc3ccc(Cl)cn3)C2)ccn1. The molecule has 0 bridgehead atoms. The summed E-state index contributed by atoms with van der Waals surface area (Å²) in [5, 5.41) is 1.50. The van der Waals surface area contributed by atoms with Crippen LogP contribution in [0.3, 0.4) is 0 Å². The molecule has 1 amide bonds. The number of carbonyl (C=O) groups is 1. The van der Waals surface area contributed by atoms with Crippen molar-refractivity contribution in [3.63, 3.8) is 0 Å². The molecule has 172 valence electrons. The smallest absolute Gasteiger partial charge is 0.254 e. The number of rotatable bonds is 6. The number of amides is 1. The second-order valence-corrected chi connectivity index (χ2v) is 9.13. The van der Waals surface area contributed by atoms with Gasteiger partial charge in [0.05, 0.1) is 22.2 Å². The lowest BCUT2D eigenvalue weighted by Crippen LogP contribution is -2.32. The van der Waals surface area contributed by atoms with Gasteiger partial charge < -0.3 is 14.4 Å². The van der Waals surface area contributed by atoms with E-state index >= 15 is 0 Å². The Labute approximate surface area is 207 Å². The lowest BCUT2D eigenvalue weighted by atomic mass is 9.86. The molecule has 0 radical (unpaired) electrons. The van der Waals surface area contributed by atoms with Crippen LogP contribution in [0.4, 0.5) is 0 Å². The maximum Gasteiger partial charge on any atom is 0.254 e. The molecular formula is C24H22Cl3N3O3. The van der Waals surface area contributed by atoms with Crippen molar-refractivity contribution in [2.75, 3.05) is 20.2 Å². The first kappa shape index (κ1) is 23.6. The van der Waals surface area contributed by atoms with Crippen molar-refractivity contribution >= 4 is 40.7 Å². The second kappa shape index (κ2) is 10.2. The van der Waals surface area contributed by atoms with Gasteiger partial charge in [-0.2, -0.15) is 0 Å². The Morgan fingerprint density at radius 2 is 1.85 bits per heavy atom. The second-order valence-electron chi connectivity index (χ2n) is 7.88. The maximum absolute atomic E-state index is 13.3. The molecule has 1 aliphatic heterocycles. The Morgan fingerprint density at radius 3 is 2.55 bits per heavy atom. The van der Waals surface area contributed by atoms with E-state index in [1.54, 1.807) is 42.7 Å². The van der Waals surface area contributed by atoms with Crippen molar-refractivity contribution in [3.05, 3.63) is 81.1 Å². The van der Waals surface area contributed by atoms with Crippen LogP contribution in [0.25, 0.3) is 0 Å². The summed E-state index contributed by atoms with van der Waals surface area (Å²) in [6.07, 6.45) is 2.87. The average molecular weight is 507 g/mol. The first-order valence-electron chi connectivity index (χ1n) is 10.4. The molecule has 0 spiro atoms. The minimum atomic E-state index is -0.233. The quantitative estimate of drug-likeness (QED) is 0.425. The molecule has 3 aromatic rings. The van der Waals surface area contributed by atoms with E-state index in [-0.39, 0.29) is 23.8 Å². The van der Waals surface area contributed by atoms with Gasteiger partial charge in [0.25, 0.3) is 5.91 Å². The van der Waals surface area contributed by atoms with Crippen LogP contribution < -0.4 is 9.47 Å². The summed E-state index contributed by atoms with van der Waals surface area (Å²) in [4.78, 5) is 23.5. The molecule has 33 heavy (non-hydrogen) atoms. The maximum atomic E-state index is 13.3. The highest BCUT2D eigenvalue weighted by Gasteiger charge is 2.40. The molecule has 3 atom stereocenters. The normalized spacial score (nSPS) is 18.8. The van der Waals surface area contributed by atoms with Gasteiger partial charge in [-0.25, -0.2) is 9.97 Å². The zero-order valence-electron chi connectivity index (χ0n) is 18.0. The molecule has 0 aliphatic carbocycles. The largest absolute Gasteiger partial charge is 0.481 e. The van der Waals surface area contributed by atoms with E-state index in [0.29, 0.717) is 45.5 Å². The molecule has 3 unspecified atom stereocenters. The van der Waals surface area contributed by atoms with E-state index in [0.717, 1.165) is 5.56 Å². The van der Waals surface area contributed by atoms with Gasteiger partial charge in [0.1, 0.15) is 6.10 Å². The number of nitrogens with zero attached hydrogens (tertiary/aromatic N) is 3. The van der Waals surface area contributed by atoms with Crippen LogP contribution in [0.1, 0.15) is 28.8 Å². The van der Waals surface area contributed by atoms with E-state index < -0.39 is 0 Å². The number of carbonyl (C=O) groups excluding carboxylic acids is 1. The summed E-state index contributed by atoms with van der Waals surface area (Å²) < 4.78 is 11.3. The molecule has 0 N–H and O–H groups in total. The molecule has 2 aromatic heterocycles. The Balaban J connectivity index is 1.61. The van der Waals surface area contributed by atoms with Crippen LogP contribution >= 0.6 is 34.8 Å². The average Bonchev–Trinajstić information content (AvgIpc) is 3.27. The van der Waals surface area contributed by atoms with Crippen molar-refractivity contribution in [2.24, 2.45) is 5.92 Å². The molecule has 1 aromatic carbocycles. The van der Waals surface area contributed by atoms with Gasteiger partial charge in [0, 0.05) is 55.0 Å². The van der Waals surface area contributed by atoms with E-state index in [4.69, 9.17) is 44.3 Å². The molecular weight excluding hydrogens is 485 g/mol. The van der Waals surface area contributed by atoms with Crippen LogP contribution in [0.15, 0.2) is 54.9 Å². The number of hydrogen-bond donors (Lipinski definition) is 0. The number of likely N-dealkylation sites (tertiary alicyclic amines) is 1. The molecule has 1 aliphatic rings. The van der Waals surface area contributed by atoms with E-state index in [1.807, 2.05) is 24.0 Å². The van der Waals surface area contributed by atoms with Gasteiger partial charge in [-0.1, -0.05) is 40.9 Å². The highest BCUT2D eigenvalue weighted by molar-refractivity contribution is 6.42. The fourth-order valence-corrected chi connectivity index (χ4v) is 4.53. The lowest BCUT2D eigenvalue weighted by molar-refractivity contribution is 0.0769. The van der Waals surface area contributed by atoms with E-state index in [2.05, 4.69) is 9.97 Å². The van der Waals surface area contributed by atoms with Gasteiger partial charge in [-0.15, -0.1) is 0 Å². The fraction of sp³-hybridized carbons (Fsp3) is 0.292. The fourth-order valence-electron chi connectivity index (χ4n) is 4.11. The predicted molar refractivity (Wildman–Crippen MR) is 129 cm³/mol. The molecule has 6 nitrogen and oxygen atoms in total. The first-order chi connectivity index (χ1) is 15.9. The van der Waals surface area contributed by atoms with Gasteiger partial charge in [0.2, 0.25) is 11.8 Å². The Bertz CT molecular complexity index is 1140. The molecule has 1 fully saturated rings. The van der Waals surface area contributed by atoms with E-state index in [9.17, 15) is 4.79 Å². The third-order valence-corrected chi connectivity index (χ3v) is 6.79. The summed E-state index contributed by atoms with van der Waals surface area (Å²) in [7, 11) is 1.52. The molecule has 9 heteroatoms. The monoisotopic (exact) mass is 505 g/mol. The first-order valence-corrected chi connectivity index (χ1v) is 11.5. The number of benzene rings is 1. The van der Waals surface area contributed by atoms with Gasteiger partial charge in [-0.05, 0) is 36.8 Å². The van der Waals surface area contributed by atoms with Crippen LogP contribution in [0.5, 0.6) is 11.8 Å². The third kappa shape index (κ3) is 5.35. The lowest BCUT2D eigenvalue weighted by Gasteiger charge is -2.25. The van der Waals surface area contributed by atoms with Gasteiger partial charge in [-0.3, -0.25) is 4.79 Å². The third-order valence-electron chi connectivity index (χ3n) is 5.82. The Morgan fingerprint density at radius 1 is 1.03 bits per heavy atom. The standard InChI is InChI=1S/C24H22Cl3N3O3/c1-14(33-22-6-4-17(25)11-29-22)18-12-30(24(31)16-7-8-28-23(10-16)32-2)13-19(18)15-3-5-20(26)21(27)9-15/h3-11,14,18-19H,12-13H2,1-2H3. The highest BCUT2D eigenvalue weighted by Crippen LogP contribution is 2.38.